The third-order valence-electron chi connectivity index (χ3n) is 3.47. The van der Waals surface area contributed by atoms with Crippen LogP contribution in [0, 0.1) is 0 Å². The molecule has 0 saturated heterocycles. The Hall–Kier alpha value is -2.86. The Morgan fingerprint density at radius 1 is 1.12 bits per heavy atom. The van der Waals surface area contributed by atoms with Gasteiger partial charge in [-0.05, 0) is 23.3 Å². The van der Waals surface area contributed by atoms with Crippen molar-refractivity contribution in [2.45, 2.75) is 12.6 Å². The molecule has 0 fully saturated rings. The van der Waals surface area contributed by atoms with Crippen LogP contribution < -0.4 is 21.1 Å². The molecule has 0 aliphatic heterocycles. The summed E-state index contributed by atoms with van der Waals surface area (Å²) in [6.45, 7) is 0.404. The van der Waals surface area contributed by atoms with Gasteiger partial charge in [0, 0.05) is 13.6 Å². The first-order chi connectivity index (χ1) is 11.6. The van der Waals surface area contributed by atoms with Crippen LogP contribution in [0.1, 0.15) is 17.2 Å². The maximum atomic E-state index is 11.7. The lowest BCUT2D eigenvalue weighted by atomic mass is 10.1. The third-order valence-corrected chi connectivity index (χ3v) is 3.47. The molecule has 2 rings (SSSR count). The zero-order valence-electron chi connectivity index (χ0n) is 13.5. The number of rotatable bonds is 8. The van der Waals surface area contributed by atoms with Crippen LogP contribution in [0.15, 0.2) is 54.6 Å². The van der Waals surface area contributed by atoms with E-state index in [0.29, 0.717) is 12.3 Å². The number of benzene rings is 2. The van der Waals surface area contributed by atoms with E-state index in [0.717, 1.165) is 11.1 Å². The van der Waals surface area contributed by atoms with Crippen LogP contribution in [0.2, 0.25) is 0 Å². The number of amides is 2. The molecule has 0 bridgehead atoms. The minimum Gasteiger partial charge on any atom is -0.484 e. The molecule has 0 aromatic heterocycles. The van der Waals surface area contributed by atoms with E-state index in [9.17, 15) is 9.59 Å². The minimum atomic E-state index is -0.568. The van der Waals surface area contributed by atoms with Gasteiger partial charge in [0.2, 0.25) is 5.91 Å². The van der Waals surface area contributed by atoms with Gasteiger partial charge in [-0.1, -0.05) is 42.5 Å². The fourth-order valence-corrected chi connectivity index (χ4v) is 2.21. The Bertz CT molecular complexity index is 689. The van der Waals surface area contributed by atoms with Crippen LogP contribution in [-0.4, -0.2) is 25.5 Å². The summed E-state index contributed by atoms with van der Waals surface area (Å²) in [5.41, 5.74) is 7.23. The van der Waals surface area contributed by atoms with Gasteiger partial charge in [0.15, 0.2) is 6.61 Å². The summed E-state index contributed by atoms with van der Waals surface area (Å²) in [5.74, 6) is -0.0437. The zero-order valence-corrected chi connectivity index (χ0v) is 13.5. The second-order valence-electron chi connectivity index (χ2n) is 5.24. The maximum absolute atomic E-state index is 11.7. The molecule has 1 atom stereocenters. The highest BCUT2D eigenvalue weighted by atomic mass is 16.5. The highest BCUT2D eigenvalue weighted by Crippen LogP contribution is 2.16. The first-order valence-corrected chi connectivity index (χ1v) is 7.60. The Labute approximate surface area is 141 Å². The molecule has 0 saturated carbocycles. The standard InChI is InChI=1S/C18H21N3O3/c1-20-16(22)12-24-15-9-5-6-13(10-15)11-21-17(18(19)23)14-7-3-2-4-8-14/h2-10,17,21H,11-12H2,1H3,(H2,19,23)(H,20,22)/t17-/m0/s1. The van der Waals surface area contributed by atoms with Crippen LogP contribution in [0.5, 0.6) is 5.75 Å². The minimum absolute atomic E-state index is 0.0404. The van der Waals surface area contributed by atoms with Gasteiger partial charge >= 0.3 is 0 Å². The SMILES string of the molecule is CNC(=O)COc1cccc(CN[C@H](C(N)=O)c2ccccc2)c1. The van der Waals surface area contributed by atoms with Gasteiger partial charge in [-0.25, -0.2) is 0 Å². The molecule has 6 nitrogen and oxygen atoms in total. The average Bonchev–Trinajstić information content (AvgIpc) is 2.61. The monoisotopic (exact) mass is 327 g/mol. The molecule has 2 aromatic carbocycles. The summed E-state index contributed by atoms with van der Waals surface area (Å²) in [4.78, 5) is 22.9. The van der Waals surface area contributed by atoms with E-state index in [1.54, 1.807) is 13.1 Å². The second kappa shape index (κ2) is 8.69. The predicted molar refractivity (Wildman–Crippen MR) is 91.2 cm³/mol. The number of nitrogens with one attached hydrogen (secondary N) is 2. The lowest BCUT2D eigenvalue weighted by molar-refractivity contribution is -0.122. The van der Waals surface area contributed by atoms with Crippen molar-refractivity contribution >= 4 is 11.8 Å². The number of hydrogen-bond acceptors (Lipinski definition) is 4. The normalized spacial score (nSPS) is 11.5. The molecule has 0 spiro atoms. The first kappa shape index (κ1) is 17.5. The van der Waals surface area contributed by atoms with Crippen molar-refractivity contribution in [3.05, 3.63) is 65.7 Å². The number of ether oxygens (including phenoxy) is 1. The van der Waals surface area contributed by atoms with E-state index in [2.05, 4.69) is 10.6 Å². The smallest absolute Gasteiger partial charge is 0.257 e. The Morgan fingerprint density at radius 3 is 2.54 bits per heavy atom. The van der Waals surface area contributed by atoms with Crippen LogP contribution in [0.4, 0.5) is 0 Å². The fraction of sp³-hybridized carbons (Fsp3) is 0.222. The van der Waals surface area contributed by atoms with Gasteiger partial charge in [0.1, 0.15) is 11.8 Å². The van der Waals surface area contributed by atoms with Gasteiger partial charge in [-0.3, -0.25) is 14.9 Å². The molecular formula is C18H21N3O3. The van der Waals surface area contributed by atoms with E-state index in [4.69, 9.17) is 10.5 Å². The Kier molecular flexibility index (Phi) is 6.33. The molecule has 0 heterocycles. The highest BCUT2D eigenvalue weighted by Gasteiger charge is 2.16. The molecule has 4 N–H and O–H groups in total. The summed E-state index contributed by atoms with van der Waals surface area (Å²) in [7, 11) is 1.56. The summed E-state index contributed by atoms with van der Waals surface area (Å²) in [6.07, 6.45) is 0. The third kappa shape index (κ3) is 5.10. The lowest BCUT2D eigenvalue weighted by Crippen LogP contribution is -2.33. The average molecular weight is 327 g/mol. The van der Waals surface area contributed by atoms with E-state index >= 15 is 0 Å². The number of hydrogen-bond donors (Lipinski definition) is 3. The number of carbonyl (C=O) groups is 2. The lowest BCUT2D eigenvalue weighted by Gasteiger charge is -2.16. The zero-order chi connectivity index (χ0) is 17.4. The van der Waals surface area contributed by atoms with Gasteiger partial charge in [-0.15, -0.1) is 0 Å². The van der Waals surface area contributed by atoms with Crippen LogP contribution in [0.25, 0.3) is 0 Å². The quantitative estimate of drug-likeness (QED) is 0.677. The molecule has 0 aliphatic carbocycles. The van der Waals surface area contributed by atoms with Crippen molar-refractivity contribution in [1.29, 1.82) is 0 Å². The number of likely N-dealkylation sites (N-methyl/N-ethyl adjacent to an activating group) is 1. The summed E-state index contributed by atoms with van der Waals surface area (Å²) >= 11 is 0. The Morgan fingerprint density at radius 2 is 1.88 bits per heavy atom. The maximum Gasteiger partial charge on any atom is 0.257 e. The molecule has 24 heavy (non-hydrogen) atoms. The van der Waals surface area contributed by atoms with Crippen molar-refractivity contribution in [1.82, 2.24) is 10.6 Å². The fourth-order valence-electron chi connectivity index (χ4n) is 2.21. The summed E-state index contributed by atoms with van der Waals surface area (Å²) in [5, 5.41) is 5.64. The van der Waals surface area contributed by atoms with Crippen molar-refractivity contribution in [3.8, 4) is 5.75 Å². The van der Waals surface area contributed by atoms with Crippen molar-refractivity contribution in [3.63, 3.8) is 0 Å². The van der Waals surface area contributed by atoms with Crippen molar-refractivity contribution in [2.75, 3.05) is 13.7 Å². The van der Waals surface area contributed by atoms with E-state index < -0.39 is 11.9 Å². The molecule has 2 amide bonds. The first-order valence-electron chi connectivity index (χ1n) is 7.60. The molecule has 0 aliphatic rings. The molecular weight excluding hydrogens is 306 g/mol. The van der Waals surface area contributed by atoms with E-state index in [1.165, 1.54) is 0 Å². The number of nitrogens with two attached hydrogens (primary N) is 1. The molecule has 6 heteroatoms. The highest BCUT2D eigenvalue weighted by molar-refractivity contribution is 5.81. The molecule has 0 radical (unpaired) electrons. The van der Waals surface area contributed by atoms with Crippen molar-refractivity contribution in [2.24, 2.45) is 5.73 Å². The number of carbonyl (C=O) groups excluding carboxylic acids is 2. The molecule has 2 aromatic rings. The van der Waals surface area contributed by atoms with Gasteiger partial charge in [0.05, 0.1) is 0 Å². The summed E-state index contributed by atoms with van der Waals surface area (Å²) in [6, 6.07) is 16.1. The predicted octanol–water partition coefficient (Wildman–Crippen LogP) is 1.13. The van der Waals surface area contributed by atoms with Crippen LogP contribution in [-0.2, 0) is 16.1 Å². The van der Waals surface area contributed by atoms with Crippen LogP contribution in [0.3, 0.4) is 0 Å². The molecule has 0 unspecified atom stereocenters. The molecule has 126 valence electrons. The van der Waals surface area contributed by atoms with Gasteiger partial charge < -0.3 is 15.8 Å². The largest absolute Gasteiger partial charge is 0.484 e. The summed E-state index contributed by atoms with van der Waals surface area (Å²) < 4.78 is 5.41. The number of primary amides is 1. The van der Waals surface area contributed by atoms with E-state index in [-0.39, 0.29) is 12.5 Å². The Balaban J connectivity index is 2.00. The second-order valence-corrected chi connectivity index (χ2v) is 5.24. The van der Waals surface area contributed by atoms with E-state index in [1.807, 2.05) is 48.5 Å². The van der Waals surface area contributed by atoms with Gasteiger partial charge in [-0.2, -0.15) is 0 Å². The topological polar surface area (TPSA) is 93.4 Å². The van der Waals surface area contributed by atoms with Gasteiger partial charge in [0.25, 0.3) is 5.91 Å². The van der Waals surface area contributed by atoms with Crippen molar-refractivity contribution < 1.29 is 14.3 Å². The van der Waals surface area contributed by atoms with Crippen LogP contribution >= 0.6 is 0 Å².